The van der Waals surface area contributed by atoms with Gasteiger partial charge in [0.15, 0.2) is 11.5 Å². The predicted molar refractivity (Wildman–Crippen MR) is 69.5 cm³/mol. The van der Waals surface area contributed by atoms with Crippen molar-refractivity contribution < 1.29 is 15.3 Å². The van der Waals surface area contributed by atoms with Gasteiger partial charge in [0.2, 0.25) is 0 Å². The summed E-state index contributed by atoms with van der Waals surface area (Å²) in [6.07, 6.45) is 5.01. The number of aliphatic hydroxyl groups excluding tert-OH is 1. The van der Waals surface area contributed by atoms with Crippen LogP contribution < -0.4 is 5.32 Å². The third-order valence-corrected chi connectivity index (χ3v) is 3.59. The van der Waals surface area contributed by atoms with Gasteiger partial charge in [-0.1, -0.05) is 25.3 Å². The van der Waals surface area contributed by atoms with Crippen LogP contribution in [0.4, 0.5) is 0 Å². The summed E-state index contributed by atoms with van der Waals surface area (Å²) in [6.45, 7) is 0.593. The quantitative estimate of drug-likeness (QED) is 0.489. The van der Waals surface area contributed by atoms with Gasteiger partial charge in [0.1, 0.15) is 0 Å². The second-order valence-electron chi connectivity index (χ2n) is 5.02. The second kappa shape index (κ2) is 6.07. The minimum atomic E-state index is -0.279. The van der Waals surface area contributed by atoms with Crippen LogP contribution in [-0.2, 0) is 6.54 Å². The van der Waals surface area contributed by atoms with E-state index in [9.17, 15) is 15.3 Å². The Labute approximate surface area is 107 Å². The maximum absolute atomic E-state index is 9.97. The third kappa shape index (κ3) is 3.37. The second-order valence-corrected chi connectivity index (χ2v) is 5.02. The first-order valence-corrected chi connectivity index (χ1v) is 6.59. The van der Waals surface area contributed by atoms with Crippen molar-refractivity contribution in [3.8, 4) is 11.5 Å². The van der Waals surface area contributed by atoms with Gasteiger partial charge in [-0.3, -0.25) is 0 Å². The molecule has 1 aromatic carbocycles. The van der Waals surface area contributed by atoms with Crippen LogP contribution in [0.25, 0.3) is 0 Å². The highest BCUT2D eigenvalue weighted by Crippen LogP contribution is 2.25. The lowest BCUT2D eigenvalue weighted by Gasteiger charge is -2.21. The molecule has 4 N–H and O–H groups in total. The molecule has 18 heavy (non-hydrogen) atoms. The Morgan fingerprint density at radius 3 is 2.61 bits per heavy atom. The number of hydrogen-bond acceptors (Lipinski definition) is 4. The molecule has 1 saturated carbocycles. The van der Waals surface area contributed by atoms with Crippen molar-refractivity contribution in [2.45, 2.75) is 50.8 Å². The summed E-state index contributed by atoms with van der Waals surface area (Å²) in [5.41, 5.74) is 0.904. The van der Waals surface area contributed by atoms with Crippen molar-refractivity contribution in [1.29, 1.82) is 0 Å². The van der Waals surface area contributed by atoms with Crippen molar-refractivity contribution in [3.05, 3.63) is 23.8 Å². The average Bonchev–Trinajstić information content (AvgIpc) is 2.56. The number of phenols is 2. The molecule has 0 spiro atoms. The van der Waals surface area contributed by atoms with E-state index in [1.54, 1.807) is 12.1 Å². The Morgan fingerprint density at radius 2 is 1.83 bits per heavy atom. The number of phenolic OH excluding ortho intramolecular Hbond substituents is 2. The molecule has 2 unspecified atom stereocenters. The maximum Gasteiger partial charge on any atom is 0.157 e. The van der Waals surface area contributed by atoms with Gasteiger partial charge in [0.25, 0.3) is 0 Å². The third-order valence-electron chi connectivity index (χ3n) is 3.59. The Bertz CT molecular complexity index is 395. The monoisotopic (exact) mass is 251 g/mol. The molecule has 0 heterocycles. The topological polar surface area (TPSA) is 72.7 Å². The van der Waals surface area contributed by atoms with Crippen LogP contribution in [0.3, 0.4) is 0 Å². The van der Waals surface area contributed by atoms with E-state index < -0.39 is 0 Å². The van der Waals surface area contributed by atoms with Crippen LogP contribution in [0, 0.1) is 0 Å². The van der Waals surface area contributed by atoms with Gasteiger partial charge < -0.3 is 20.6 Å². The zero-order chi connectivity index (χ0) is 13.0. The van der Waals surface area contributed by atoms with Gasteiger partial charge >= 0.3 is 0 Å². The van der Waals surface area contributed by atoms with Crippen molar-refractivity contribution in [3.63, 3.8) is 0 Å². The summed E-state index contributed by atoms with van der Waals surface area (Å²) in [6, 6.07) is 4.93. The van der Waals surface area contributed by atoms with Crippen LogP contribution in [0.15, 0.2) is 18.2 Å². The average molecular weight is 251 g/mol. The minimum absolute atomic E-state index is 0.101. The van der Waals surface area contributed by atoms with Crippen molar-refractivity contribution in [1.82, 2.24) is 5.32 Å². The molecule has 1 aliphatic rings. The van der Waals surface area contributed by atoms with Gasteiger partial charge in [-0.2, -0.15) is 0 Å². The summed E-state index contributed by atoms with van der Waals surface area (Å²) in [4.78, 5) is 0. The van der Waals surface area contributed by atoms with Gasteiger partial charge in [-0.15, -0.1) is 0 Å². The van der Waals surface area contributed by atoms with E-state index in [1.807, 2.05) is 0 Å². The molecule has 0 aliphatic heterocycles. The number of benzene rings is 1. The summed E-state index contributed by atoms with van der Waals surface area (Å²) in [7, 11) is 0. The number of rotatable bonds is 3. The van der Waals surface area contributed by atoms with Gasteiger partial charge in [0.05, 0.1) is 6.10 Å². The molecule has 0 saturated heterocycles. The Balaban J connectivity index is 1.91. The highest BCUT2D eigenvalue weighted by molar-refractivity contribution is 5.40. The fourth-order valence-electron chi connectivity index (χ4n) is 2.45. The lowest BCUT2D eigenvalue weighted by molar-refractivity contribution is 0.119. The van der Waals surface area contributed by atoms with Gasteiger partial charge in [-0.25, -0.2) is 0 Å². The van der Waals surface area contributed by atoms with Crippen LogP contribution in [-0.4, -0.2) is 27.5 Å². The van der Waals surface area contributed by atoms with Crippen LogP contribution in [0.5, 0.6) is 11.5 Å². The Hall–Kier alpha value is -1.26. The minimum Gasteiger partial charge on any atom is -0.504 e. The first kappa shape index (κ1) is 13.2. The molecule has 1 aliphatic carbocycles. The Kier molecular flexibility index (Phi) is 4.44. The molecule has 0 amide bonds. The summed E-state index contributed by atoms with van der Waals surface area (Å²) >= 11 is 0. The lowest BCUT2D eigenvalue weighted by Crippen LogP contribution is -2.38. The number of hydrogen-bond donors (Lipinski definition) is 4. The van der Waals surface area contributed by atoms with E-state index in [2.05, 4.69) is 5.32 Å². The van der Waals surface area contributed by atoms with Crippen molar-refractivity contribution in [2.24, 2.45) is 0 Å². The molecular weight excluding hydrogens is 230 g/mol. The van der Waals surface area contributed by atoms with E-state index in [-0.39, 0.29) is 23.6 Å². The van der Waals surface area contributed by atoms with E-state index in [1.165, 1.54) is 12.5 Å². The highest BCUT2D eigenvalue weighted by atomic mass is 16.3. The normalized spacial score (nSPS) is 24.7. The van der Waals surface area contributed by atoms with Gasteiger partial charge in [0, 0.05) is 12.6 Å². The van der Waals surface area contributed by atoms with Crippen LogP contribution in [0.2, 0.25) is 0 Å². The lowest BCUT2D eigenvalue weighted by atomic mass is 10.1. The number of aliphatic hydroxyl groups is 1. The summed E-state index contributed by atoms with van der Waals surface area (Å²) in [5.74, 6) is -0.205. The largest absolute Gasteiger partial charge is 0.504 e. The van der Waals surface area contributed by atoms with Crippen molar-refractivity contribution >= 4 is 0 Å². The first-order chi connectivity index (χ1) is 8.66. The molecule has 0 bridgehead atoms. The fourth-order valence-corrected chi connectivity index (χ4v) is 2.45. The smallest absolute Gasteiger partial charge is 0.157 e. The molecule has 0 radical (unpaired) electrons. The highest BCUT2D eigenvalue weighted by Gasteiger charge is 2.20. The molecule has 2 rings (SSSR count). The molecule has 2 atom stereocenters. The first-order valence-electron chi connectivity index (χ1n) is 6.59. The SMILES string of the molecule is Oc1ccc(CNC2CCCCCC2O)cc1O. The van der Waals surface area contributed by atoms with E-state index in [0.29, 0.717) is 6.54 Å². The standard InChI is InChI=1S/C14H21NO3/c16-12-5-3-1-2-4-11(12)15-9-10-6-7-13(17)14(18)8-10/h6-8,11-12,15-18H,1-5,9H2. The Morgan fingerprint density at radius 1 is 1.06 bits per heavy atom. The van der Waals surface area contributed by atoms with Gasteiger partial charge in [-0.05, 0) is 30.5 Å². The zero-order valence-corrected chi connectivity index (χ0v) is 10.5. The summed E-state index contributed by atoms with van der Waals surface area (Å²) < 4.78 is 0. The molecular formula is C14H21NO3. The van der Waals surface area contributed by atoms with Crippen LogP contribution >= 0.6 is 0 Å². The van der Waals surface area contributed by atoms with Crippen molar-refractivity contribution in [2.75, 3.05) is 0 Å². The summed E-state index contributed by atoms with van der Waals surface area (Å²) in [5, 5.41) is 31.9. The molecule has 4 nitrogen and oxygen atoms in total. The molecule has 100 valence electrons. The van der Waals surface area contributed by atoms with E-state index in [0.717, 1.165) is 31.2 Å². The molecule has 0 aromatic heterocycles. The number of nitrogens with one attached hydrogen (secondary N) is 1. The maximum atomic E-state index is 9.97. The molecule has 4 heteroatoms. The molecule has 1 aromatic rings. The fraction of sp³-hybridized carbons (Fsp3) is 0.571. The predicted octanol–water partition coefficient (Wildman–Crippen LogP) is 1.88. The zero-order valence-electron chi connectivity index (χ0n) is 10.5. The molecule has 1 fully saturated rings. The van der Waals surface area contributed by atoms with E-state index >= 15 is 0 Å². The van der Waals surface area contributed by atoms with Crippen LogP contribution in [0.1, 0.15) is 37.7 Å². The number of aromatic hydroxyl groups is 2. The van der Waals surface area contributed by atoms with E-state index in [4.69, 9.17) is 0 Å².